The van der Waals surface area contributed by atoms with Crippen molar-refractivity contribution in [2.45, 2.75) is 86.2 Å². The van der Waals surface area contributed by atoms with Crippen LogP contribution in [-0.4, -0.2) is 106 Å². The number of allylic oxidation sites excluding steroid dienone is 1. The monoisotopic (exact) mass is 704 g/mol. The minimum absolute atomic E-state index is 0.0902. The van der Waals surface area contributed by atoms with E-state index in [4.69, 9.17) is 18.6 Å². The molecule has 2 saturated carbocycles. The maximum absolute atomic E-state index is 14.2. The summed E-state index contributed by atoms with van der Waals surface area (Å²) in [5.74, 6) is -0.423. The molecule has 0 N–H and O–H groups in total. The smallest absolute Gasteiger partial charge is 0.310 e. The zero-order chi connectivity index (χ0) is 35.4. The number of anilines is 2. The first-order valence-electron chi connectivity index (χ1n) is 19.6. The Hall–Kier alpha value is -3.60. The lowest BCUT2D eigenvalue weighted by molar-refractivity contribution is -0.169. The normalized spacial score (nSPS) is 45.1. The first kappa shape index (κ1) is 30.8. The van der Waals surface area contributed by atoms with Crippen LogP contribution < -0.4 is 9.80 Å². The number of nitrogens with zero attached hydrogens (tertiary/aromatic N) is 4. The summed E-state index contributed by atoms with van der Waals surface area (Å²) in [7, 11) is 7.59. The van der Waals surface area contributed by atoms with E-state index < -0.39 is 5.41 Å². The van der Waals surface area contributed by atoms with Crippen molar-refractivity contribution in [1.82, 2.24) is 9.80 Å². The van der Waals surface area contributed by atoms with Crippen molar-refractivity contribution in [2.75, 3.05) is 64.3 Å². The number of ether oxygens (including phenoxy) is 3. The van der Waals surface area contributed by atoms with Gasteiger partial charge < -0.3 is 28.4 Å². The van der Waals surface area contributed by atoms with Gasteiger partial charge in [0.15, 0.2) is 0 Å². The second-order valence-corrected chi connectivity index (χ2v) is 17.8. The molecule has 7 bridgehead atoms. The van der Waals surface area contributed by atoms with Gasteiger partial charge in [-0.2, -0.15) is 0 Å². The van der Waals surface area contributed by atoms with Crippen molar-refractivity contribution in [3.05, 3.63) is 47.0 Å². The van der Waals surface area contributed by atoms with Crippen LogP contribution in [0.1, 0.15) is 57.1 Å². The molecule has 13 rings (SSSR count). The molecule has 2 aliphatic carbocycles. The van der Waals surface area contributed by atoms with Crippen molar-refractivity contribution < 1.29 is 28.2 Å². The average molecular weight is 705 g/mol. The molecule has 10 nitrogen and oxygen atoms in total. The highest BCUT2D eigenvalue weighted by atomic mass is 16.6. The Balaban J connectivity index is 1.07. The SMILES string of the molecule is C/C=C1\CN2CCC34c5cc6oc7cc8c(cc7c6cc5N(C)C23CCC1C4C(=O)OC)C12CCN3CC4(OC4C)C(CC3C1N8C)C2C(=O)OC. The van der Waals surface area contributed by atoms with Gasteiger partial charge in [0.05, 0.1) is 38.2 Å². The molecule has 8 fully saturated rings. The number of esters is 2. The largest absolute Gasteiger partial charge is 0.469 e. The molecule has 10 heteroatoms. The zero-order valence-electron chi connectivity index (χ0n) is 31.0. The summed E-state index contributed by atoms with van der Waals surface area (Å²) in [4.78, 5) is 38.5. The number of furan rings is 1. The van der Waals surface area contributed by atoms with Gasteiger partial charge in [0.2, 0.25) is 0 Å². The predicted octanol–water partition coefficient (Wildman–Crippen LogP) is 4.95. The highest BCUT2D eigenvalue weighted by molar-refractivity contribution is 6.09. The van der Waals surface area contributed by atoms with E-state index in [1.54, 1.807) is 14.2 Å². The van der Waals surface area contributed by atoms with E-state index in [1.807, 2.05) is 0 Å². The van der Waals surface area contributed by atoms with Crippen LogP contribution in [0.5, 0.6) is 0 Å². The molecule has 0 radical (unpaired) electrons. The number of fused-ring (bicyclic) bond motifs is 9. The van der Waals surface area contributed by atoms with E-state index >= 15 is 0 Å². The molecule has 10 aliphatic rings. The van der Waals surface area contributed by atoms with Gasteiger partial charge in [0.1, 0.15) is 22.4 Å². The highest BCUT2D eigenvalue weighted by Crippen LogP contribution is 2.71. The number of benzene rings is 2. The van der Waals surface area contributed by atoms with Crippen LogP contribution in [0.2, 0.25) is 0 Å². The molecular weight excluding hydrogens is 656 g/mol. The van der Waals surface area contributed by atoms with Gasteiger partial charge in [-0.3, -0.25) is 19.4 Å². The minimum atomic E-state index is -0.390. The number of carbonyl (C=O) groups is 2. The number of hydrogen-bond donors (Lipinski definition) is 0. The van der Waals surface area contributed by atoms with E-state index in [-0.39, 0.29) is 64.4 Å². The van der Waals surface area contributed by atoms with E-state index in [9.17, 15) is 9.59 Å². The third kappa shape index (κ3) is 2.97. The first-order chi connectivity index (χ1) is 25.1. The molecule has 8 aliphatic heterocycles. The average Bonchev–Trinajstić information content (AvgIpc) is 3.35. The summed E-state index contributed by atoms with van der Waals surface area (Å²) >= 11 is 0. The molecule has 2 spiro atoms. The van der Waals surface area contributed by atoms with Crippen LogP contribution in [-0.2, 0) is 34.6 Å². The molecule has 12 unspecified atom stereocenters. The first-order valence-corrected chi connectivity index (χ1v) is 19.6. The molecule has 6 saturated heterocycles. The van der Waals surface area contributed by atoms with Gasteiger partial charge in [-0.15, -0.1) is 0 Å². The van der Waals surface area contributed by atoms with Gasteiger partial charge in [-0.05, 0) is 87.7 Å². The lowest BCUT2D eigenvalue weighted by Gasteiger charge is -2.64. The van der Waals surface area contributed by atoms with Gasteiger partial charge >= 0.3 is 11.9 Å². The van der Waals surface area contributed by atoms with Crippen LogP contribution in [0.3, 0.4) is 0 Å². The van der Waals surface area contributed by atoms with Crippen LogP contribution in [0, 0.1) is 23.7 Å². The molecule has 3 aromatic rings. The fourth-order valence-electron chi connectivity index (χ4n) is 15.2. The number of carbonyl (C=O) groups excluding carboxylic acids is 2. The third-order valence-corrected chi connectivity index (χ3v) is 17.0. The number of piperidine rings is 2. The van der Waals surface area contributed by atoms with Crippen LogP contribution in [0.25, 0.3) is 21.9 Å². The second kappa shape index (κ2) is 9.36. The lowest BCUT2D eigenvalue weighted by atomic mass is 9.48. The maximum Gasteiger partial charge on any atom is 0.310 e. The molecule has 1 aromatic heterocycles. The second-order valence-electron chi connectivity index (χ2n) is 17.8. The Bertz CT molecular complexity index is 2210. The Morgan fingerprint density at radius 3 is 2.42 bits per heavy atom. The molecule has 12 atom stereocenters. The number of likely N-dealkylation sites (N-methyl/N-ethyl adjacent to an activating group) is 2. The van der Waals surface area contributed by atoms with E-state index in [0.717, 1.165) is 85.9 Å². The van der Waals surface area contributed by atoms with Gasteiger partial charge in [0.25, 0.3) is 0 Å². The van der Waals surface area contributed by atoms with Crippen molar-refractivity contribution >= 4 is 45.3 Å². The Morgan fingerprint density at radius 2 is 1.67 bits per heavy atom. The van der Waals surface area contributed by atoms with Gasteiger partial charge in [-0.1, -0.05) is 11.6 Å². The summed E-state index contributed by atoms with van der Waals surface area (Å²) in [5.41, 5.74) is 6.62. The van der Waals surface area contributed by atoms with Crippen molar-refractivity contribution in [3.63, 3.8) is 0 Å². The fourth-order valence-corrected chi connectivity index (χ4v) is 15.2. The molecule has 9 heterocycles. The van der Waals surface area contributed by atoms with Gasteiger partial charge in [-0.25, -0.2) is 0 Å². The topological polar surface area (TPSA) is 91.2 Å². The Morgan fingerprint density at radius 1 is 0.923 bits per heavy atom. The zero-order valence-corrected chi connectivity index (χ0v) is 31.0. The fraction of sp³-hybridized carbons (Fsp3) is 0.619. The standard InChI is InChI=1S/C42H48N4O6/c1-7-22-19-46-13-11-40-27-17-32-25(15-30(27)44(4)42(40,46)9-8-23(22)34(40)37(47)49-5)24-14-26-29(18-33(24)51-32)43(3)36-31-16-28-35(38(48)50-6)39(26,36)10-12-45(31)20-41(28)21(2)52-41/h7,14-15,17-18,21,23,28,31,34-36H,8-13,16,19-20H2,1-6H3/b22-7+. The number of hydrogen-bond acceptors (Lipinski definition) is 10. The van der Waals surface area contributed by atoms with E-state index in [0.29, 0.717) is 6.04 Å². The Labute approximate surface area is 303 Å². The number of methoxy groups -OCH3 is 2. The molecular formula is C42H48N4O6. The quantitative estimate of drug-likeness (QED) is 0.208. The number of epoxide rings is 1. The van der Waals surface area contributed by atoms with Crippen LogP contribution in [0.15, 0.2) is 40.3 Å². The van der Waals surface area contributed by atoms with E-state index in [1.165, 1.54) is 22.4 Å². The molecule has 272 valence electrons. The van der Waals surface area contributed by atoms with Gasteiger partial charge in [0, 0.05) is 84.7 Å². The van der Waals surface area contributed by atoms with Crippen LogP contribution in [0.4, 0.5) is 11.4 Å². The highest BCUT2D eigenvalue weighted by Gasteiger charge is 2.78. The predicted molar refractivity (Wildman–Crippen MR) is 195 cm³/mol. The summed E-state index contributed by atoms with van der Waals surface area (Å²) < 4.78 is 24.7. The molecule has 2 aromatic carbocycles. The van der Waals surface area contributed by atoms with Crippen molar-refractivity contribution in [1.29, 1.82) is 0 Å². The molecule has 52 heavy (non-hydrogen) atoms. The number of rotatable bonds is 2. The Kier molecular flexibility index (Phi) is 5.55. The van der Waals surface area contributed by atoms with E-state index in [2.05, 4.69) is 77.9 Å². The van der Waals surface area contributed by atoms with Crippen molar-refractivity contribution in [2.24, 2.45) is 23.7 Å². The summed E-state index contributed by atoms with van der Waals surface area (Å²) in [6.45, 7) is 8.00. The summed E-state index contributed by atoms with van der Waals surface area (Å²) in [5, 5.41) is 2.19. The minimum Gasteiger partial charge on any atom is -0.469 e. The lowest BCUT2D eigenvalue weighted by Crippen LogP contribution is -2.76. The summed E-state index contributed by atoms with van der Waals surface area (Å²) in [6.07, 6.45) is 7.18. The third-order valence-electron chi connectivity index (χ3n) is 17.0. The van der Waals surface area contributed by atoms with Crippen molar-refractivity contribution in [3.8, 4) is 0 Å². The maximum atomic E-state index is 14.2. The summed E-state index contributed by atoms with van der Waals surface area (Å²) in [6, 6.07) is 9.82. The molecule has 0 amide bonds. The van der Waals surface area contributed by atoms with Crippen LogP contribution >= 0.6 is 0 Å².